The number of hydrogen-bond acceptors (Lipinski definition) is 2. The van der Waals surface area contributed by atoms with Crippen LogP contribution in [0.25, 0.3) is 0 Å². The van der Waals surface area contributed by atoms with Crippen LogP contribution >= 0.6 is 0 Å². The van der Waals surface area contributed by atoms with Crippen LogP contribution in [0.1, 0.15) is 18.4 Å². The highest BCUT2D eigenvalue weighted by Crippen LogP contribution is 2.32. The predicted molar refractivity (Wildman–Crippen MR) is 61.5 cm³/mol. The molecule has 0 aliphatic heterocycles. The minimum absolute atomic E-state index is 0.203. The largest absolute Gasteiger partial charge is 0.392 e. The van der Waals surface area contributed by atoms with Crippen LogP contribution in [0.15, 0.2) is 24.3 Å². The summed E-state index contributed by atoms with van der Waals surface area (Å²) in [4.78, 5) is 2.08. The minimum atomic E-state index is -0.204. The van der Waals surface area contributed by atoms with Crippen molar-refractivity contribution >= 4 is 0 Å². The van der Waals surface area contributed by atoms with Crippen LogP contribution in [-0.2, 0) is 6.54 Å². The van der Waals surface area contributed by atoms with Gasteiger partial charge in [-0.15, -0.1) is 0 Å². The fourth-order valence-electron chi connectivity index (χ4n) is 1.92. The maximum Gasteiger partial charge on any atom is 0.123 e. The average Bonchev–Trinajstić information content (AvgIpc) is 3.04. The second-order valence-electron chi connectivity index (χ2n) is 4.73. The lowest BCUT2D eigenvalue weighted by molar-refractivity contribution is 0.104. The predicted octanol–water partition coefficient (Wildman–Crippen LogP) is 2.03. The quantitative estimate of drug-likeness (QED) is 0.825. The average molecular weight is 223 g/mol. The molecular weight excluding hydrogens is 205 g/mol. The van der Waals surface area contributed by atoms with Crippen molar-refractivity contribution in [1.82, 2.24) is 4.90 Å². The molecule has 1 aliphatic rings. The highest BCUT2D eigenvalue weighted by atomic mass is 19.1. The van der Waals surface area contributed by atoms with Gasteiger partial charge >= 0.3 is 0 Å². The van der Waals surface area contributed by atoms with E-state index in [1.165, 1.54) is 12.1 Å². The molecule has 1 unspecified atom stereocenters. The number of halogens is 1. The van der Waals surface area contributed by atoms with E-state index in [0.29, 0.717) is 12.5 Å². The van der Waals surface area contributed by atoms with Gasteiger partial charge in [0, 0.05) is 13.1 Å². The highest BCUT2D eigenvalue weighted by molar-refractivity contribution is 5.15. The van der Waals surface area contributed by atoms with Crippen molar-refractivity contribution < 1.29 is 9.50 Å². The van der Waals surface area contributed by atoms with Crippen LogP contribution in [-0.4, -0.2) is 29.7 Å². The van der Waals surface area contributed by atoms with Gasteiger partial charge < -0.3 is 5.11 Å². The molecule has 0 spiro atoms. The van der Waals surface area contributed by atoms with Gasteiger partial charge in [0.2, 0.25) is 0 Å². The van der Waals surface area contributed by atoms with E-state index in [4.69, 9.17) is 0 Å². The molecule has 88 valence electrons. The van der Waals surface area contributed by atoms with E-state index in [1.807, 2.05) is 7.05 Å². The number of benzene rings is 1. The lowest BCUT2D eigenvalue weighted by atomic mass is 10.2. The molecule has 1 aliphatic carbocycles. The maximum absolute atomic E-state index is 12.7. The Morgan fingerprint density at radius 1 is 1.38 bits per heavy atom. The third-order valence-corrected chi connectivity index (χ3v) is 3.03. The lowest BCUT2D eigenvalue weighted by Crippen LogP contribution is -2.30. The van der Waals surface area contributed by atoms with E-state index in [-0.39, 0.29) is 11.9 Å². The molecule has 0 radical (unpaired) electrons. The van der Waals surface area contributed by atoms with Crippen molar-refractivity contribution in [2.45, 2.75) is 25.5 Å². The van der Waals surface area contributed by atoms with Gasteiger partial charge in [-0.05, 0) is 43.5 Å². The first-order valence-corrected chi connectivity index (χ1v) is 5.76. The normalized spacial score (nSPS) is 17.8. The molecule has 16 heavy (non-hydrogen) atoms. The Hall–Kier alpha value is -0.930. The molecule has 2 nitrogen and oxygen atoms in total. The molecular formula is C13H18FNO. The topological polar surface area (TPSA) is 23.5 Å². The van der Waals surface area contributed by atoms with Crippen molar-refractivity contribution in [2.75, 3.05) is 13.6 Å². The van der Waals surface area contributed by atoms with Crippen LogP contribution in [0.5, 0.6) is 0 Å². The number of aliphatic hydroxyl groups is 1. The summed E-state index contributed by atoms with van der Waals surface area (Å²) >= 11 is 0. The van der Waals surface area contributed by atoms with Gasteiger partial charge in [0.15, 0.2) is 0 Å². The fraction of sp³-hybridized carbons (Fsp3) is 0.538. The number of nitrogens with zero attached hydrogens (tertiary/aromatic N) is 1. The van der Waals surface area contributed by atoms with Gasteiger partial charge in [-0.3, -0.25) is 4.90 Å². The van der Waals surface area contributed by atoms with E-state index in [2.05, 4.69) is 4.90 Å². The van der Waals surface area contributed by atoms with Crippen LogP contribution < -0.4 is 0 Å². The summed E-state index contributed by atoms with van der Waals surface area (Å²) in [6.45, 7) is 1.45. The fourth-order valence-corrected chi connectivity index (χ4v) is 1.92. The van der Waals surface area contributed by atoms with Crippen molar-refractivity contribution in [2.24, 2.45) is 5.92 Å². The molecule has 1 fully saturated rings. The van der Waals surface area contributed by atoms with Crippen LogP contribution in [0, 0.1) is 11.7 Å². The molecule has 1 N–H and O–H groups in total. The third-order valence-electron chi connectivity index (χ3n) is 3.03. The monoisotopic (exact) mass is 223 g/mol. The minimum Gasteiger partial charge on any atom is -0.392 e. The molecule has 1 saturated carbocycles. The van der Waals surface area contributed by atoms with Gasteiger partial charge in [-0.2, -0.15) is 0 Å². The maximum atomic E-state index is 12.7. The zero-order chi connectivity index (χ0) is 11.5. The van der Waals surface area contributed by atoms with Crippen molar-refractivity contribution in [3.63, 3.8) is 0 Å². The number of hydrogen-bond donors (Lipinski definition) is 1. The van der Waals surface area contributed by atoms with Crippen molar-refractivity contribution in [3.8, 4) is 0 Å². The number of likely N-dealkylation sites (N-methyl/N-ethyl adjacent to an activating group) is 1. The van der Waals surface area contributed by atoms with Gasteiger partial charge in [0.05, 0.1) is 6.10 Å². The Labute approximate surface area is 95.7 Å². The van der Waals surface area contributed by atoms with Gasteiger partial charge in [0.25, 0.3) is 0 Å². The molecule has 0 amide bonds. The first kappa shape index (κ1) is 11.6. The second-order valence-corrected chi connectivity index (χ2v) is 4.73. The zero-order valence-corrected chi connectivity index (χ0v) is 9.56. The summed E-state index contributed by atoms with van der Waals surface area (Å²) in [6, 6.07) is 6.52. The molecule has 2 rings (SSSR count). The van der Waals surface area contributed by atoms with Crippen molar-refractivity contribution in [3.05, 3.63) is 35.6 Å². The summed E-state index contributed by atoms with van der Waals surface area (Å²) in [6.07, 6.45) is 2.11. The first-order valence-electron chi connectivity index (χ1n) is 5.76. The molecule has 1 aromatic carbocycles. The van der Waals surface area contributed by atoms with E-state index >= 15 is 0 Å². The SMILES string of the molecule is CN(Cc1ccc(F)cc1)CC(O)C1CC1. The van der Waals surface area contributed by atoms with Gasteiger partial charge in [-0.25, -0.2) is 4.39 Å². The van der Waals surface area contributed by atoms with Crippen molar-refractivity contribution in [1.29, 1.82) is 0 Å². The summed E-state index contributed by atoms with van der Waals surface area (Å²) in [5.41, 5.74) is 1.08. The lowest BCUT2D eigenvalue weighted by Gasteiger charge is -2.20. The molecule has 0 heterocycles. The van der Waals surface area contributed by atoms with Gasteiger partial charge in [0.1, 0.15) is 5.82 Å². The number of rotatable bonds is 5. The Morgan fingerprint density at radius 2 is 2.00 bits per heavy atom. The Morgan fingerprint density at radius 3 is 2.56 bits per heavy atom. The first-order chi connectivity index (χ1) is 7.65. The standard InChI is InChI=1S/C13H18FNO/c1-15(9-13(16)11-4-5-11)8-10-2-6-12(14)7-3-10/h2-3,6-7,11,13,16H,4-5,8-9H2,1H3. The van der Waals surface area contributed by atoms with Crippen LogP contribution in [0.3, 0.4) is 0 Å². The molecule has 0 saturated heterocycles. The summed E-state index contributed by atoms with van der Waals surface area (Å²) < 4.78 is 12.7. The van der Waals surface area contributed by atoms with E-state index in [9.17, 15) is 9.50 Å². The smallest absolute Gasteiger partial charge is 0.123 e. The highest BCUT2D eigenvalue weighted by Gasteiger charge is 2.30. The number of aliphatic hydroxyl groups excluding tert-OH is 1. The molecule has 0 aromatic heterocycles. The third kappa shape index (κ3) is 3.29. The Kier molecular flexibility index (Phi) is 3.56. The van der Waals surface area contributed by atoms with E-state index in [1.54, 1.807) is 12.1 Å². The van der Waals surface area contributed by atoms with Crippen LogP contribution in [0.2, 0.25) is 0 Å². The summed E-state index contributed by atoms with van der Waals surface area (Å²) in [7, 11) is 1.98. The molecule has 1 atom stereocenters. The summed E-state index contributed by atoms with van der Waals surface area (Å²) in [5.74, 6) is 0.306. The molecule has 3 heteroatoms. The van der Waals surface area contributed by atoms with E-state index in [0.717, 1.165) is 24.9 Å². The second kappa shape index (κ2) is 4.93. The van der Waals surface area contributed by atoms with Gasteiger partial charge in [-0.1, -0.05) is 12.1 Å². The Bertz CT molecular complexity index is 334. The van der Waals surface area contributed by atoms with E-state index < -0.39 is 0 Å². The summed E-state index contributed by atoms with van der Waals surface area (Å²) in [5, 5.41) is 9.78. The molecule has 1 aromatic rings. The zero-order valence-electron chi connectivity index (χ0n) is 9.56. The van der Waals surface area contributed by atoms with Crippen LogP contribution in [0.4, 0.5) is 4.39 Å². The molecule has 0 bridgehead atoms. The Balaban J connectivity index is 1.81.